The summed E-state index contributed by atoms with van der Waals surface area (Å²) in [6.45, 7) is 21.7. The van der Waals surface area contributed by atoms with Crippen molar-refractivity contribution in [2.75, 3.05) is 74.2 Å². The molecule has 5 rings (SSSR count). The third-order valence-corrected chi connectivity index (χ3v) is 16.3. The standard InChI is InChI=1S/C42H74N2O6.2ClH/c1-28(2)31-24-29(27-49-36(47)25-43(8,9)20-22-45)30-14-18-41(6)32(38(30)31)12-13-34-40(5)17-16-35(50-37(48)26-44(10,11)21-23-46)39(3,4)33(40)15-19-42(34,41)7;;/h29-35,38,45-46H,1,12-27H2,2-11H3;2*1H/q+2;;/p-2/t29?,30?,31?,32?,33?,34?,35?,38?,40-,41-,42+;;/m0../s1. The average molecular weight is 774 g/mol. The minimum atomic E-state index is -0.158. The fourth-order valence-corrected chi connectivity index (χ4v) is 13.6. The number of carbonyl (C=O) groups excluding carboxylic acids is 2. The van der Waals surface area contributed by atoms with E-state index in [1.165, 1.54) is 44.1 Å². The lowest BCUT2D eigenvalue weighted by Gasteiger charge is -2.72. The number of esters is 2. The zero-order chi connectivity index (χ0) is 37.1. The number of nitrogens with zero attached hydrogens (tertiary/aromatic N) is 2. The SMILES string of the molecule is C=C(C)C1CC(COC(=O)C[N+](C)(C)CCO)C2CC[C@@]3(C)C(CCC4[C@@]5(C)CCC(OC(=O)C[N+](C)(C)CCO)C(C)(C)C5CC[C@]43C)C12.[Cl-].[Cl-]. The Morgan fingerprint density at radius 1 is 0.769 bits per heavy atom. The Labute approximate surface area is 328 Å². The number of allylic oxidation sites excluding steroid dienone is 1. The molecule has 0 radical (unpaired) electrons. The smallest absolute Gasteiger partial charge is 0.362 e. The first kappa shape index (κ1) is 45.5. The van der Waals surface area contributed by atoms with Gasteiger partial charge in [0.15, 0.2) is 13.1 Å². The number of carbonyl (C=O) groups is 2. The highest BCUT2D eigenvalue weighted by Gasteiger charge is 2.70. The highest BCUT2D eigenvalue weighted by Crippen LogP contribution is 2.76. The van der Waals surface area contributed by atoms with E-state index in [2.05, 4.69) is 48.1 Å². The minimum absolute atomic E-state index is 0. The zero-order valence-electron chi connectivity index (χ0n) is 34.3. The first-order valence-corrected chi connectivity index (χ1v) is 20.0. The van der Waals surface area contributed by atoms with Crippen LogP contribution in [-0.2, 0) is 19.1 Å². The summed E-state index contributed by atoms with van der Waals surface area (Å²) in [5.74, 6) is 3.53. The van der Waals surface area contributed by atoms with Gasteiger partial charge in [0.25, 0.3) is 0 Å². The third kappa shape index (κ3) is 8.14. The van der Waals surface area contributed by atoms with E-state index in [0.29, 0.717) is 70.1 Å². The average Bonchev–Trinajstić information content (AvgIpc) is 3.36. The molecule has 0 saturated heterocycles. The molecule has 0 aromatic heterocycles. The second kappa shape index (κ2) is 16.3. The maximum Gasteiger partial charge on any atom is 0.362 e. The van der Waals surface area contributed by atoms with Crippen LogP contribution in [0.1, 0.15) is 99.3 Å². The first-order valence-electron chi connectivity index (χ1n) is 20.0. The van der Waals surface area contributed by atoms with Crippen LogP contribution in [0.25, 0.3) is 0 Å². The Morgan fingerprint density at radius 3 is 1.92 bits per heavy atom. The highest BCUT2D eigenvalue weighted by molar-refractivity contribution is 5.71. The van der Waals surface area contributed by atoms with Crippen LogP contribution in [0.3, 0.4) is 0 Å². The molecule has 11 atom stereocenters. The number of aliphatic hydroxyl groups is 2. The lowest BCUT2D eigenvalue weighted by Crippen LogP contribution is -3.00. The summed E-state index contributed by atoms with van der Waals surface area (Å²) in [5.41, 5.74) is 1.91. The molecule has 302 valence electrons. The Balaban J connectivity index is 0.00000364. The van der Waals surface area contributed by atoms with Gasteiger partial charge in [-0.05, 0) is 122 Å². The molecule has 0 heterocycles. The van der Waals surface area contributed by atoms with Crippen molar-refractivity contribution in [2.45, 2.75) is 105 Å². The summed E-state index contributed by atoms with van der Waals surface area (Å²) < 4.78 is 13.2. The van der Waals surface area contributed by atoms with E-state index >= 15 is 0 Å². The van der Waals surface area contributed by atoms with Gasteiger partial charge < -0.3 is 53.5 Å². The lowest BCUT2D eigenvalue weighted by atomic mass is 9.33. The van der Waals surface area contributed by atoms with Crippen LogP contribution >= 0.6 is 0 Å². The molecule has 5 saturated carbocycles. The monoisotopic (exact) mass is 772 g/mol. The second-order valence-corrected chi connectivity index (χ2v) is 20.5. The highest BCUT2D eigenvalue weighted by atomic mass is 35.5. The van der Waals surface area contributed by atoms with E-state index in [0.717, 1.165) is 19.3 Å². The molecule has 0 aliphatic heterocycles. The Hall–Kier alpha value is -0.900. The molecule has 8 nitrogen and oxygen atoms in total. The molecule has 5 aliphatic carbocycles. The molecule has 0 bridgehead atoms. The van der Waals surface area contributed by atoms with Crippen molar-refractivity contribution in [1.82, 2.24) is 0 Å². The van der Waals surface area contributed by atoms with Crippen LogP contribution in [0.4, 0.5) is 0 Å². The molecule has 5 aliphatic rings. The van der Waals surface area contributed by atoms with Gasteiger partial charge >= 0.3 is 11.9 Å². The maximum atomic E-state index is 13.2. The number of aliphatic hydroxyl groups excluding tert-OH is 2. The molecular formula is C42H74Cl2N2O6. The molecule has 10 heteroatoms. The van der Waals surface area contributed by atoms with E-state index in [-0.39, 0.29) is 90.8 Å². The van der Waals surface area contributed by atoms with Crippen molar-refractivity contribution in [2.24, 2.45) is 63.1 Å². The quantitative estimate of drug-likeness (QED) is 0.166. The summed E-state index contributed by atoms with van der Waals surface area (Å²) >= 11 is 0. The van der Waals surface area contributed by atoms with Crippen molar-refractivity contribution in [3.63, 3.8) is 0 Å². The van der Waals surface area contributed by atoms with Gasteiger partial charge in [0.05, 0.1) is 48.0 Å². The van der Waals surface area contributed by atoms with Crippen LogP contribution in [0.2, 0.25) is 0 Å². The molecule has 0 spiro atoms. The fraction of sp³-hybridized carbons (Fsp3) is 0.905. The normalized spacial score (nSPS) is 39.3. The van der Waals surface area contributed by atoms with Crippen LogP contribution < -0.4 is 24.8 Å². The lowest BCUT2D eigenvalue weighted by molar-refractivity contribution is -0.883. The van der Waals surface area contributed by atoms with E-state index in [9.17, 15) is 19.8 Å². The largest absolute Gasteiger partial charge is 1.00 e. The first-order chi connectivity index (χ1) is 23.2. The van der Waals surface area contributed by atoms with Gasteiger partial charge in [-0.3, -0.25) is 0 Å². The van der Waals surface area contributed by atoms with Gasteiger partial charge in [-0.1, -0.05) is 46.8 Å². The predicted molar refractivity (Wildman–Crippen MR) is 198 cm³/mol. The van der Waals surface area contributed by atoms with Crippen LogP contribution in [0.15, 0.2) is 12.2 Å². The Morgan fingerprint density at radius 2 is 1.35 bits per heavy atom. The number of fused-ring (bicyclic) bond motifs is 7. The number of hydrogen-bond donors (Lipinski definition) is 2. The molecule has 52 heavy (non-hydrogen) atoms. The summed E-state index contributed by atoms with van der Waals surface area (Å²) in [6, 6.07) is 0. The van der Waals surface area contributed by atoms with Crippen LogP contribution in [0, 0.1) is 63.1 Å². The number of halogens is 2. The fourth-order valence-electron chi connectivity index (χ4n) is 13.6. The molecule has 5 fully saturated rings. The number of likely N-dealkylation sites (N-methyl/N-ethyl adjacent to an activating group) is 2. The van der Waals surface area contributed by atoms with Gasteiger partial charge in [-0.2, -0.15) is 0 Å². The van der Waals surface area contributed by atoms with Gasteiger partial charge in [0.1, 0.15) is 19.2 Å². The molecule has 2 N–H and O–H groups in total. The van der Waals surface area contributed by atoms with Gasteiger partial charge in [-0.15, -0.1) is 0 Å². The predicted octanol–water partition coefficient (Wildman–Crippen LogP) is 0.100. The summed E-state index contributed by atoms with van der Waals surface area (Å²) in [5, 5.41) is 18.9. The Kier molecular flexibility index (Phi) is 14.3. The Bertz CT molecular complexity index is 1290. The van der Waals surface area contributed by atoms with Crippen molar-refractivity contribution >= 4 is 11.9 Å². The molecule has 0 amide bonds. The van der Waals surface area contributed by atoms with Gasteiger partial charge in [0, 0.05) is 5.41 Å². The van der Waals surface area contributed by atoms with E-state index in [4.69, 9.17) is 9.47 Å². The van der Waals surface area contributed by atoms with Crippen molar-refractivity contribution in [3.05, 3.63) is 12.2 Å². The molecule has 0 aromatic carbocycles. The number of ether oxygens (including phenoxy) is 2. The number of rotatable bonds is 12. The topological polar surface area (TPSA) is 93.1 Å². The molecular weight excluding hydrogens is 699 g/mol. The number of quaternary nitrogens is 2. The molecule has 0 aromatic rings. The van der Waals surface area contributed by atoms with Crippen molar-refractivity contribution < 1.29 is 63.1 Å². The van der Waals surface area contributed by atoms with Crippen LogP contribution in [0.5, 0.6) is 0 Å². The summed E-state index contributed by atoms with van der Waals surface area (Å²) in [4.78, 5) is 26.1. The minimum Gasteiger partial charge on any atom is -1.00 e. The maximum absolute atomic E-state index is 13.2. The van der Waals surface area contributed by atoms with E-state index < -0.39 is 0 Å². The van der Waals surface area contributed by atoms with E-state index in [1.807, 2.05) is 28.2 Å². The van der Waals surface area contributed by atoms with E-state index in [1.54, 1.807) is 0 Å². The van der Waals surface area contributed by atoms with Gasteiger partial charge in [0.2, 0.25) is 0 Å². The molecule has 8 unspecified atom stereocenters. The van der Waals surface area contributed by atoms with Gasteiger partial charge in [-0.25, -0.2) is 9.59 Å². The zero-order valence-corrected chi connectivity index (χ0v) is 35.8. The summed E-state index contributed by atoms with van der Waals surface area (Å²) in [7, 11) is 7.90. The number of hydrogen-bond acceptors (Lipinski definition) is 6. The van der Waals surface area contributed by atoms with Crippen LogP contribution in [-0.4, -0.2) is 111 Å². The van der Waals surface area contributed by atoms with Crippen molar-refractivity contribution in [3.8, 4) is 0 Å². The van der Waals surface area contributed by atoms with Crippen molar-refractivity contribution in [1.29, 1.82) is 0 Å². The second-order valence-electron chi connectivity index (χ2n) is 20.5. The third-order valence-electron chi connectivity index (χ3n) is 16.3. The summed E-state index contributed by atoms with van der Waals surface area (Å²) in [6.07, 6.45) is 10.4.